The van der Waals surface area contributed by atoms with Gasteiger partial charge in [0.2, 0.25) is 0 Å². The third kappa shape index (κ3) is 3.88. The molecular formula is C18H19F2N3O. The maximum atomic E-state index is 13.9. The van der Waals surface area contributed by atoms with Gasteiger partial charge in [0, 0.05) is 30.1 Å². The number of aromatic nitrogens is 1. The van der Waals surface area contributed by atoms with Crippen LogP contribution in [-0.4, -0.2) is 22.0 Å². The minimum absolute atomic E-state index is 0.107. The van der Waals surface area contributed by atoms with Gasteiger partial charge in [-0.1, -0.05) is 12.1 Å². The Morgan fingerprint density at radius 2 is 2.17 bits per heavy atom. The number of halogens is 2. The first-order valence-electron chi connectivity index (χ1n) is 7.95. The molecule has 0 bridgehead atoms. The lowest BCUT2D eigenvalue weighted by Crippen LogP contribution is -2.42. The number of hydrogen-bond donors (Lipinski definition) is 1. The van der Waals surface area contributed by atoms with Crippen LogP contribution in [0.2, 0.25) is 0 Å². The highest BCUT2D eigenvalue weighted by atomic mass is 19.1. The van der Waals surface area contributed by atoms with Gasteiger partial charge < -0.3 is 10.2 Å². The second-order valence-corrected chi connectivity index (χ2v) is 6.05. The standard InChI is InChI=1S/C18H19F2N3O/c1-12(13-3-2-8-21-10-13)22-18(24)23(16-6-7-16)11-14-4-5-15(19)9-17(14)20/h2-5,8-10,12,16H,6-7,11H2,1H3,(H,22,24)/t12-/m0/s1. The lowest BCUT2D eigenvalue weighted by molar-refractivity contribution is 0.188. The van der Waals surface area contributed by atoms with Crippen LogP contribution in [0.15, 0.2) is 42.7 Å². The number of urea groups is 1. The molecule has 0 radical (unpaired) electrons. The average molecular weight is 331 g/mol. The van der Waals surface area contributed by atoms with Gasteiger partial charge in [0.15, 0.2) is 0 Å². The largest absolute Gasteiger partial charge is 0.331 e. The van der Waals surface area contributed by atoms with Crippen molar-refractivity contribution in [2.45, 2.75) is 38.4 Å². The summed E-state index contributed by atoms with van der Waals surface area (Å²) >= 11 is 0. The molecule has 126 valence electrons. The quantitative estimate of drug-likeness (QED) is 0.906. The molecule has 24 heavy (non-hydrogen) atoms. The molecule has 1 aliphatic rings. The summed E-state index contributed by atoms with van der Waals surface area (Å²) in [5, 5.41) is 2.92. The Labute approximate surface area is 139 Å². The van der Waals surface area contributed by atoms with Crippen LogP contribution in [0, 0.1) is 11.6 Å². The SMILES string of the molecule is C[C@H](NC(=O)N(Cc1ccc(F)cc1F)C1CC1)c1cccnc1. The summed E-state index contributed by atoms with van der Waals surface area (Å²) in [6.45, 7) is 2.00. The van der Waals surface area contributed by atoms with Crippen molar-refractivity contribution in [1.29, 1.82) is 0 Å². The molecule has 0 aliphatic heterocycles. The predicted octanol–water partition coefficient (Wildman–Crippen LogP) is 3.80. The number of hydrogen-bond acceptors (Lipinski definition) is 2. The van der Waals surface area contributed by atoms with E-state index in [1.807, 2.05) is 19.1 Å². The van der Waals surface area contributed by atoms with Crippen LogP contribution in [0.25, 0.3) is 0 Å². The number of rotatable bonds is 5. The van der Waals surface area contributed by atoms with E-state index in [4.69, 9.17) is 0 Å². The lowest BCUT2D eigenvalue weighted by atomic mass is 10.1. The molecule has 2 aromatic rings. The van der Waals surface area contributed by atoms with Crippen molar-refractivity contribution >= 4 is 6.03 Å². The molecule has 1 fully saturated rings. The maximum Gasteiger partial charge on any atom is 0.318 e. The molecule has 1 saturated carbocycles. The van der Waals surface area contributed by atoms with E-state index in [2.05, 4.69) is 10.3 Å². The fraction of sp³-hybridized carbons (Fsp3) is 0.333. The van der Waals surface area contributed by atoms with Gasteiger partial charge in [-0.05, 0) is 37.5 Å². The maximum absolute atomic E-state index is 13.9. The zero-order valence-corrected chi connectivity index (χ0v) is 13.4. The average Bonchev–Trinajstić information content (AvgIpc) is 3.39. The predicted molar refractivity (Wildman–Crippen MR) is 86.1 cm³/mol. The van der Waals surface area contributed by atoms with Crippen LogP contribution in [0.3, 0.4) is 0 Å². The molecule has 0 spiro atoms. The summed E-state index contributed by atoms with van der Waals surface area (Å²) in [6, 6.07) is 6.79. The summed E-state index contributed by atoms with van der Waals surface area (Å²) < 4.78 is 26.9. The molecule has 1 aliphatic carbocycles. The number of nitrogens with zero attached hydrogens (tertiary/aromatic N) is 2. The van der Waals surface area contributed by atoms with Crippen molar-refractivity contribution in [3.63, 3.8) is 0 Å². The molecule has 3 rings (SSSR count). The summed E-state index contributed by atoms with van der Waals surface area (Å²) in [5.74, 6) is -1.25. The highest BCUT2D eigenvalue weighted by molar-refractivity contribution is 5.75. The fourth-order valence-corrected chi connectivity index (χ4v) is 2.57. The zero-order valence-electron chi connectivity index (χ0n) is 13.4. The van der Waals surface area contributed by atoms with Gasteiger partial charge in [0.05, 0.1) is 12.6 Å². The van der Waals surface area contributed by atoms with Gasteiger partial charge in [-0.15, -0.1) is 0 Å². The number of carbonyl (C=O) groups is 1. The minimum atomic E-state index is -0.631. The second-order valence-electron chi connectivity index (χ2n) is 6.05. The Bertz CT molecular complexity index is 719. The number of carbonyl (C=O) groups excluding carboxylic acids is 1. The zero-order chi connectivity index (χ0) is 17.1. The molecule has 0 saturated heterocycles. The van der Waals surface area contributed by atoms with E-state index >= 15 is 0 Å². The molecule has 1 aromatic carbocycles. The van der Waals surface area contributed by atoms with Gasteiger partial charge in [0.25, 0.3) is 0 Å². The molecule has 1 atom stereocenters. The summed E-state index contributed by atoms with van der Waals surface area (Å²) in [4.78, 5) is 18.2. The summed E-state index contributed by atoms with van der Waals surface area (Å²) in [7, 11) is 0. The van der Waals surface area contributed by atoms with Gasteiger partial charge >= 0.3 is 6.03 Å². The normalized spacial score (nSPS) is 15.0. The Morgan fingerprint density at radius 3 is 2.79 bits per heavy atom. The van der Waals surface area contributed by atoms with Crippen molar-refractivity contribution in [2.24, 2.45) is 0 Å². The van der Waals surface area contributed by atoms with Gasteiger partial charge in [0.1, 0.15) is 11.6 Å². The molecule has 1 heterocycles. The molecular weight excluding hydrogens is 312 g/mol. The number of amides is 2. The van der Waals surface area contributed by atoms with E-state index in [1.54, 1.807) is 17.3 Å². The molecule has 1 N–H and O–H groups in total. The Hall–Kier alpha value is -2.50. The van der Waals surface area contributed by atoms with Crippen LogP contribution in [0.5, 0.6) is 0 Å². The monoisotopic (exact) mass is 331 g/mol. The number of pyridine rings is 1. The Morgan fingerprint density at radius 1 is 1.38 bits per heavy atom. The van der Waals surface area contributed by atoms with Gasteiger partial charge in [-0.25, -0.2) is 13.6 Å². The van der Waals surface area contributed by atoms with E-state index in [0.29, 0.717) is 5.56 Å². The third-order valence-corrected chi connectivity index (χ3v) is 4.13. The van der Waals surface area contributed by atoms with Crippen molar-refractivity contribution in [3.8, 4) is 0 Å². The summed E-state index contributed by atoms with van der Waals surface area (Å²) in [5.41, 5.74) is 1.21. The van der Waals surface area contributed by atoms with Gasteiger partial charge in [-0.3, -0.25) is 4.98 Å². The smallest absolute Gasteiger partial charge is 0.318 e. The number of benzene rings is 1. The first-order chi connectivity index (χ1) is 11.5. The highest BCUT2D eigenvalue weighted by Crippen LogP contribution is 2.29. The van der Waals surface area contributed by atoms with Crippen LogP contribution in [0.1, 0.15) is 36.9 Å². The van der Waals surface area contributed by atoms with Crippen molar-refractivity contribution < 1.29 is 13.6 Å². The van der Waals surface area contributed by atoms with Crippen LogP contribution in [0.4, 0.5) is 13.6 Å². The van der Waals surface area contributed by atoms with Crippen molar-refractivity contribution in [3.05, 3.63) is 65.5 Å². The second kappa shape index (κ2) is 6.95. The Kier molecular flexibility index (Phi) is 4.74. The first-order valence-corrected chi connectivity index (χ1v) is 7.95. The van der Waals surface area contributed by atoms with Crippen LogP contribution < -0.4 is 5.32 Å². The number of nitrogens with one attached hydrogen (secondary N) is 1. The third-order valence-electron chi connectivity index (χ3n) is 4.13. The van der Waals surface area contributed by atoms with Crippen LogP contribution >= 0.6 is 0 Å². The molecule has 0 unspecified atom stereocenters. The van der Waals surface area contributed by atoms with Crippen molar-refractivity contribution in [1.82, 2.24) is 15.2 Å². The first kappa shape index (κ1) is 16.4. The van der Waals surface area contributed by atoms with E-state index in [0.717, 1.165) is 24.5 Å². The van der Waals surface area contributed by atoms with E-state index in [9.17, 15) is 13.6 Å². The van der Waals surface area contributed by atoms with Gasteiger partial charge in [-0.2, -0.15) is 0 Å². The highest BCUT2D eigenvalue weighted by Gasteiger charge is 2.33. The lowest BCUT2D eigenvalue weighted by Gasteiger charge is -2.25. The topological polar surface area (TPSA) is 45.2 Å². The molecule has 6 heteroatoms. The van der Waals surface area contributed by atoms with Crippen molar-refractivity contribution in [2.75, 3.05) is 0 Å². The van der Waals surface area contributed by atoms with E-state index in [1.165, 1.54) is 12.1 Å². The molecule has 2 amide bonds. The van der Waals surface area contributed by atoms with E-state index < -0.39 is 11.6 Å². The fourth-order valence-electron chi connectivity index (χ4n) is 2.57. The molecule has 1 aromatic heterocycles. The summed E-state index contributed by atoms with van der Waals surface area (Å²) in [6.07, 6.45) is 5.17. The minimum Gasteiger partial charge on any atom is -0.331 e. The van der Waals surface area contributed by atoms with Crippen LogP contribution in [-0.2, 0) is 6.54 Å². The molecule has 4 nitrogen and oxygen atoms in total. The Balaban J connectivity index is 1.70. The van der Waals surface area contributed by atoms with E-state index in [-0.39, 0.29) is 24.7 Å².